The molecule has 0 saturated heterocycles. The summed E-state index contributed by atoms with van der Waals surface area (Å²) < 4.78 is 0. The van der Waals surface area contributed by atoms with Gasteiger partial charge in [0.1, 0.15) is 0 Å². The van der Waals surface area contributed by atoms with E-state index in [0.717, 1.165) is 11.7 Å². The Morgan fingerprint density at radius 1 is 1.44 bits per heavy atom. The second-order valence-electron chi connectivity index (χ2n) is 3.55. The minimum atomic E-state index is 0. The van der Waals surface area contributed by atoms with E-state index in [2.05, 4.69) is 34.5 Å². The molecule has 0 bridgehead atoms. The van der Waals surface area contributed by atoms with Crippen molar-refractivity contribution in [1.29, 1.82) is 0 Å². The molecule has 0 aromatic carbocycles. The van der Waals surface area contributed by atoms with E-state index < -0.39 is 0 Å². The summed E-state index contributed by atoms with van der Waals surface area (Å²) in [5.41, 5.74) is 1.00. The smallest absolute Gasteiger partial charge is 0.191 e. The lowest BCUT2D eigenvalue weighted by Gasteiger charge is -2.13. The first-order valence-electron chi connectivity index (χ1n) is 5.09. The Bertz CT molecular complexity index is 311. The van der Waals surface area contributed by atoms with Crippen LogP contribution in [0.15, 0.2) is 29.4 Å². The van der Waals surface area contributed by atoms with Crippen LogP contribution in [0.2, 0.25) is 0 Å². The molecular weight excluding hydrogens is 315 g/mol. The van der Waals surface area contributed by atoms with E-state index in [-0.39, 0.29) is 24.0 Å². The molecule has 0 saturated carbocycles. The number of nitrogens with zero attached hydrogens (tertiary/aromatic N) is 2. The molecule has 0 aliphatic rings. The molecular formula is C11H19IN4. The van der Waals surface area contributed by atoms with Gasteiger partial charge < -0.3 is 10.6 Å². The highest BCUT2D eigenvalue weighted by Crippen LogP contribution is 1.91. The molecule has 0 unspecified atom stereocenters. The predicted octanol–water partition coefficient (Wildman–Crippen LogP) is 1.77. The van der Waals surface area contributed by atoms with Crippen molar-refractivity contribution in [2.45, 2.75) is 26.4 Å². The van der Waals surface area contributed by atoms with Gasteiger partial charge in [-0.25, -0.2) is 0 Å². The van der Waals surface area contributed by atoms with Gasteiger partial charge >= 0.3 is 0 Å². The van der Waals surface area contributed by atoms with E-state index in [4.69, 9.17) is 0 Å². The summed E-state index contributed by atoms with van der Waals surface area (Å²) in [5, 5.41) is 6.40. The fourth-order valence-corrected chi connectivity index (χ4v) is 1.15. The zero-order valence-corrected chi connectivity index (χ0v) is 12.2. The van der Waals surface area contributed by atoms with Gasteiger partial charge in [0.2, 0.25) is 0 Å². The van der Waals surface area contributed by atoms with Gasteiger partial charge in [-0.2, -0.15) is 0 Å². The summed E-state index contributed by atoms with van der Waals surface area (Å²) >= 11 is 0. The molecule has 0 radical (unpaired) electrons. The maximum Gasteiger partial charge on any atom is 0.191 e. The standard InChI is InChI=1S/C11H18N4.HI/c1-9(2)15-11(12-3)14-8-10-6-4-5-7-13-10;/h4-7,9H,8H2,1-3H3,(H2,12,14,15);1H. The van der Waals surface area contributed by atoms with Crippen LogP contribution in [0.4, 0.5) is 0 Å². The number of aliphatic imine (C=N–C) groups is 1. The van der Waals surface area contributed by atoms with Crippen molar-refractivity contribution in [1.82, 2.24) is 15.6 Å². The second-order valence-corrected chi connectivity index (χ2v) is 3.55. The highest BCUT2D eigenvalue weighted by molar-refractivity contribution is 14.0. The van der Waals surface area contributed by atoms with Crippen LogP contribution < -0.4 is 10.6 Å². The van der Waals surface area contributed by atoms with E-state index in [1.54, 1.807) is 13.2 Å². The van der Waals surface area contributed by atoms with Crippen molar-refractivity contribution >= 4 is 29.9 Å². The summed E-state index contributed by atoms with van der Waals surface area (Å²) in [6.45, 7) is 4.84. The van der Waals surface area contributed by atoms with Crippen LogP contribution in [0.5, 0.6) is 0 Å². The van der Waals surface area contributed by atoms with Crippen LogP contribution in [-0.2, 0) is 6.54 Å². The van der Waals surface area contributed by atoms with Crippen molar-refractivity contribution in [3.05, 3.63) is 30.1 Å². The number of hydrogen-bond acceptors (Lipinski definition) is 2. The molecule has 1 aromatic rings. The van der Waals surface area contributed by atoms with E-state index in [1.165, 1.54) is 0 Å². The molecule has 5 heteroatoms. The Hall–Kier alpha value is -0.850. The van der Waals surface area contributed by atoms with Crippen LogP contribution in [-0.4, -0.2) is 24.0 Å². The normalized spacial score (nSPS) is 10.9. The Morgan fingerprint density at radius 3 is 2.69 bits per heavy atom. The first-order valence-corrected chi connectivity index (χ1v) is 5.09. The third-order valence-corrected chi connectivity index (χ3v) is 1.81. The van der Waals surface area contributed by atoms with Gasteiger partial charge in [-0.05, 0) is 26.0 Å². The second kappa shape index (κ2) is 8.32. The van der Waals surface area contributed by atoms with Crippen molar-refractivity contribution < 1.29 is 0 Å². The number of rotatable bonds is 3. The first kappa shape index (κ1) is 15.2. The Kier molecular flexibility index (Phi) is 7.88. The van der Waals surface area contributed by atoms with Crippen molar-refractivity contribution in [3.63, 3.8) is 0 Å². The minimum absolute atomic E-state index is 0. The van der Waals surface area contributed by atoms with Crippen LogP contribution in [0.3, 0.4) is 0 Å². The SMILES string of the molecule is CN=C(NCc1ccccn1)NC(C)C.I. The van der Waals surface area contributed by atoms with E-state index >= 15 is 0 Å². The molecule has 0 aliphatic carbocycles. The zero-order valence-electron chi connectivity index (χ0n) is 9.90. The average molecular weight is 334 g/mol. The van der Waals surface area contributed by atoms with Gasteiger partial charge in [0.25, 0.3) is 0 Å². The predicted molar refractivity (Wildman–Crippen MR) is 78.1 cm³/mol. The average Bonchev–Trinajstić information content (AvgIpc) is 2.25. The monoisotopic (exact) mass is 334 g/mol. The highest BCUT2D eigenvalue weighted by atomic mass is 127. The van der Waals surface area contributed by atoms with E-state index in [1.807, 2.05) is 18.2 Å². The molecule has 0 spiro atoms. The fraction of sp³-hybridized carbons (Fsp3) is 0.455. The van der Waals surface area contributed by atoms with Crippen molar-refractivity contribution in [2.24, 2.45) is 4.99 Å². The summed E-state index contributed by atoms with van der Waals surface area (Å²) in [5.74, 6) is 0.802. The van der Waals surface area contributed by atoms with Crippen LogP contribution >= 0.6 is 24.0 Å². The quantitative estimate of drug-likeness (QED) is 0.503. The molecule has 0 amide bonds. The topological polar surface area (TPSA) is 49.3 Å². The molecule has 2 N–H and O–H groups in total. The lowest BCUT2D eigenvalue weighted by atomic mass is 10.3. The van der Waals surface area contributed by atoms with E-state index in [9.17, 15) is 0 Å². The van der Waals surface area contributed by atoms with Gasteiger partial charge in [0, 0.05) is 19.3 Å². The van der Waals surface area contributed by atoms with Crippen LogP contribution in [0.25, 0.3) is 0 Å². The Labute approximate surface area is 114 Å². The Balaban J connectivity index is 0.00000225. The molecule has 0 aliphatic heterocycles. The number of hydrogen-bond donors (Lipinski definition) is 2. The number of nitrogens with one attached hydrogen (secondary N) is 2. The summed E-state index contributed by atoms with van der Waals surface area (Å²) in [7, 11) is 1.76. The lowest BCUT2D eigenvalue weighted by Crippen LogP contribution is -2.40. The molecule has 16 heavy (non-hydrogen) atoms. The first-order chi connectivity index (χ1) is 7.22. The lowest BCUT2D eigenvalue weighted by molar-refractivity contribution is 0.696. The number of guanidine groups is 1. The largest absolute Gasteiger partial charge is 0.354 e. The number of aromatic nitrogens is 1. The molecule has 1 heterocycles. The minimum Gasteiger partial charge on any atom is -0.354 e. The van der Waals surface area contributed by atoms with Crippen molar-refractivity contribution in [2.75, 3.05) is 7.05 Å². The number of halogens is 1. The molecule has 1 aromatic heterocycles. The molecule has 4 nitrogen and oxygen atoms in total. The zero-order chi connectivity index (χ0) is 11.1. The molecule has 0 atom stereocenters. The van der Waals surface area contributed by atoms with Crippen molar-refractivity contribution in [3.8, 4) is 0 Å². The summed E-state index contributed by atoms with van der Waals surface area (Å²) in [6.07, 6.45) is 1.79. The molecule has 1 rings (SSSR count). The maximum absolute atomic E-state index is 4.22. The van der Waals surface area contributed by atoms with Gasteiger partial charge in [-0.3, -0.25) is 9.98 Å². The molecule has 0 fully saturated rings. The summed E-state index contributed by atoms with van der Waals surface area (Å²) in [4.78, 5) is 8.33. The van der Waals surface area contributed by atoms with Gasteiger partial charge in [-0.15, -0.1) is 24.0 Å². The Morgan fingerprint density at radius 2 is 2.19 bits per heavy atom. The van der Waals surface area contributed by atoms with E-state index in [0.29, 0.717) is 12.6 Å². The van der Waals surface area contributed by atoms with Gasteiger partial charge in [0.15, 0.2) is 5.96 Å². The third kappa shape index (κ3) is 5.89. The fourth-order valence-electron chi connectivity index (χ4n) is 1.15. The number of pyridine rings is 1. The van der Waals surface area contributed by atoms with Gasteiger partial charge in [0.05, 0.1) is 12.2 Å². The molecule has 90 valence electrons. The third-order valence-electron chi connectivity index (χ3n) is 1.81. The van der Waals surface area contributed by atoms with Crippen LogP contribution in [0, 0.1) is 0 Å². The maximum atomic E-state index is 4.22. The van der Waals surface area contributed by atoms with Crippen LogP contribution in [0.1, 0.15) is 19.5 Å². The van der Waals surface area contributed by atoms with Gasteiger partial charge in [-0.1, -0.05) is 6.07 Å². The highest BCUT2D eigenvalue weighted by Gasteiger charge is 1.99. The summed E-state index contributed by atoms with van der Waals surface area (Å²) in [6, 6.07) is 6.24.